The molecule has 7 heteroatoms. The fourth-order valence-electron chi connectivity index (χ4n) is 6.94. The highest BCUT2D eigenvalue weighted by Crippen LogP contribution is 2.38. The lowest BCUT2D eigenvalue weighted by Crippen LogP contribution is -2.68. The van der Waals surface area contributed by atoms with Gasteiger partial charge >= 0.3 is 0 Å². The molecule has 2 aliphatic carbocycles. The molecule has 3 aliphatic heterocycles. The van der Waals surface area contributed by atoms with E-state index in [1.165, 1.54) is 32.1 Å². The van der Waals surface area contributed by atoms with E-state index in [9.17, 15) is 9.59 Å². The maximum absolute atomic E-state index is 13.4. The summed E-state index contributed by atoms with van der Waals surface area (Å²) in [6.45, 7) is 7.57. The van der Waals surface area contributed by atoms with Gasteiger partial charge in [-0.3, -0.25) is 19.9 Å². The van der Waals surface area contributed by atoms with Gasteiger partial charge in [0.2, 0.25) is 11.8 Å². The number of carbonyl (C=O) groups excluding carboxylic acids is 2. The first-order valence-electron chi connectivity index (χ1n) is 12.5. The van der Waals surface area contributed by atoms with E-state index in [-0.39, 0.29) is 23.9 Å². The standard InChI is InChI=1S/C23H39N5O2/c1-2-27-21-16-17(8-9-19(21)28-20(23(27)30)10-11-24-28)22(29)26-14-12-25(13-15-26)18-6-4-3-5-7-18/h17-21,24H,2-16H2,1H3. The molecule has 3 heterocycles. The summed E-state index contributed by atoms with van der Waals surface area (Å²) in [5.74, 6) is 0.683. The Balaban J connectivity index is 1.20. The summed E-state index contributed by atoms with van der Waals surface area (Å²) < 4.78 is 0. The first-order chi connectivity index (χ1) is 14.7. The van der Waals surface area contributed by atoms with E-state index < -0.39 is 0 Å². The Morgan fingerprint density at radius 3 is 2.47 bits per heavy atom. The zero-order chi connectivity index (χ0) is 20.7. The minimum atomic E-state index is 0.00585. The largest absolute Gasteiger partial charge is 0.340 e. The molecule has 5 rings (SSSR count). The quantitative estimate of drug-likeness (QED) is 0.753. The van der Waals surface area contributed by atoms with Crippen molar-refractivity contribution in [1.82, 2.24) is 25.1 Å². The first-order valence-corrected chi connectivity index (χ1v) is 12.5. The van der Waals surface area contributed by atoms with Gasteiger partial charge in [-0.1, -0.05) is 19.3 Å². The van der Waals surface area contributed by atoms with Crippen LogP contribution < -0.4 is 5.43 Å². The molecule has 7 nitrogen and oxygen atoms in total. The molecule has 4 unspecified atom stereocenters. The molecular weight excluding hydrogens is 378 g/mol. The number of likely N-dealkylation sites (N-methyl/N-ethyl adjacent to an activating group) is 1. The highest BCUT2D eigenvalue weighted by Gasteiger charge is 2.51. The zero-order valence-electron chi connectivity index (χ0n) is 18.6. The van der Waals surface area contributed by atoms with Crippen LogP contribution in [0.4, 0.5) is 0 Å². The van der Waals surface area contributed by atoms with Crippen molar-refractivity contribution in [3.05, 3.63) is 0 Å². The topological polar surface area (TPSA) is 59.1 Å². The van der Waals surface area contributed by atoms with Crippen molar-refractivity contribution in [3.63, 3.8) is 0 Å². The van der Waals surface area contributed by atoms with Gasteiger partial charge in [0.05, 0.1) is 0 Å². The average Bonchev–Trinajstić information content (AvgIpc) is 3.30. The van der Waals surface area contributed by atoms with Gasteiger partial charge in [0.15, 0.2) is 0 Å². The summed E-state index contributed by atoms with van der Waals surface area (Å²) in [6, 6.07) is 1.29. The Bertz CT molecular complexity index is 644. The van der Waals surface area contributed by atoms with E-state index >= 15 is 0 Å². The Morgan fingerprint density at radius 1 is 0.967 bits per heavy atom. The summed E-state index contributed by atoms with van der Waals surface area (Å²) in [6.07, 6.45) is 10.5. The van der Waals surface area contributed by atoms with Gasteiger partial charge in [-0.15, -0.1) is 0 Å². The smallest absolute Gasteiger partial charge is 0.241 e. The van der Waals surface area contributed by atoms with E-state index in [1.54, 1.807) is 0 Å². The summed E-state index contributed by atoms with van der Waals surface area (Å²) in [4.78, 5) is 33.2. The van der Waals surface area contributed by atoms with E-state index in [2.05, 4.69) is 32.1 Å². The predicted molar refractivity (Wildman–Crippen MR) is 116 cm³/mol. The van der Waals surface area contributed by atoms with E-state index in [1.807, 2.05) is 0 Å². The van der Waals surface area contributed by atoms with Crippen molar-refractivity contribution in [2.75, 3.05) is 39.3 Å². The lowest BCUT2D eigenvalue weighted by Gasteiger charge is -2.52. The number of nitrogens with one attached hydrogen (secondary N) is 1. The van der Waals surface area contributed by atoms with Crippen LogP contribution in [0, 0.1) is 5.92 Å². The third kappa shape index (κ3) is 3.67. The monoisotopic (exact) mass is 417 g/mol. The maximum Gasteiger partial charge on any atom is 0.241 e. The third-order valence-corrected chi connectivity index (χ3v) is 8.56. The van der Waals surface area contributed by atoms with Crippen molar-refractivity contribution < 1.29 is 9.59 Å². The second-order valence-electron chi connectivity index (χ2n) is 10.0. The lowest BCUT2D eigenvalue weighted by atomic mass is 9.78. The van der Waals surface area contributed by atoms with Gasteiger partial charge in [-0.05, 0) is 45.4 Å². The van der Waals surface area contributed by atoms with Crippen LogP contribution in [-0.2, 0) is 9.59 Å². The SMILES string of the molecule is CCN1C(=O)C2CCNN2C2CCC(C(=O)N3CCN(C4CCCCC4)CC3)CC21. The molecule has 0 radical (unpaired) electrons. The Hall–Kier alpha value is -1.18. The molecule has 0 aromatic heterocycles. The molecule has 0 bridgehead atoms. The third-order valence-electron chi connectivity index (χ3n) is 8.56. The van der Waals surface area contributed by atoms with Gasteiger partial charge < -0.3 is 9.80 Å². The molecule has 168 valence electrons. The molecule has 30 heavy (non-hydrogen) atoms. The van der Waals surface area contributed by atoms with Crippen LogP contribution in [0.5, 0.6) is 0 Å². The van der Waals surface area contributed by atoms with Crippen LogP contribution in [0.1, 0.15) is 64.7 Å². The molecule has 0 aromatic carbocycles. The van der Waals surface area contributed by atoms with E-state index in [4.69, 9.17) is 0 Å². The summed E-state index contributed by atoms with van der Waals surface area (Å²) in [5.41, 5.74) is 3.46. The van der Waals surface area contributed by atoms with E-state index in [0.717, 1.165) is 71.0 Å². The molecule has 1 N–H and O–H groups in total. The summed E-state index contributed by atoms with van der Waals surface area (Å²) in [7, 11) is 0. The number of nitrogens with zero attached hydrogens (tertiary/aromatic N) is 4. The highest BCUT2D eigenvalue weighted by atomic mass is 16.2. The molecule has 5 fully saturated rings. The average molecular weight is 418 g/mol. The number of hydrazine groups is 1. The van der Waals surface area contributed by atoms with Crippen molar-refractivity contribution in [2.45, 2.75) is 88.9 Å². The van der Waals surface area contributed by atoms with Crippen LogP contribution in [0.3, 0.4) is 0 Å². The maximum atomic E-state index is 13.4. The van der Waals surface area contributed by atoms with Crippen molar-refractivity contribution >= 4 is 11.8 Å². The summed E-state index contributed by atoms with van der Waals surface area (Å²) >= 11 is 0. The number of fused-ring (bicyclic) bond motifs is 3. The molecular formula is C23H39N5O2. The normalized spacial score (nSPS) is 36.6. The molecule has 2 amide bonds. The lowest BCUT2D eigenvalue weighted by molar-refractivity contribution is -0.157. The number of piperazine rings is 2. The zero-order valence-corrected chi connectivity index (χ0v) is 18.6. The van der Waals surface area contributed by atoms with Crippen LogP contribution in [0.2, 0.25) is 0 Å². The fraction of sp³-hybridized carbons (Fsp3) is 0.913. The van der Waals surface area contributed by atoms with Gasteiger partial charge in [-0.25, -0.2) is 5.01 Å². The number of carbonyl (C=O) groups is 2. The van der Waals surface area contributed by atoms with Crippen LogP contribution in [0.15, 0.2) is 0 Å². The fourth-order valence-corrected chi connectivity index (χ4v) is 6.94. The van der Waals surface area contributed by atoms with Gasteiger partial charge in [0, 0.05) is 63.3 Å². The molecule has 4 atom stereocenters. The van der Waals surface area contributed by atoms with Gasteiger partial charge in [-0.2, -0.15) is 0 Å². The minimum absolute atomic E-state index is 0.00585. The second kappa shape index (κ2) is 8.75. The number of amides is 2. The number of rotatable bonds is 3. The molecule has 3 saturated heterocycles. The van der Waals surface area contributed by atoms with Crippen molar-refractivity contribution in [2.24, 2.45) is 5.92 Å². The Labute approximate surface area is 181 Å². The van der Waals surface area contributed by atoms with Crippen LogP contribution in [-0.4, -0.2) is 95.0 Å². The molecule has 0 spiro atoms. The van der Waals surface area contributed by atoms with E-state index in [0.29, 0.717) is 11.9 Å². The highest BCUT2D eigenvalue weighted by molar-refractivity contribution is 5.84. The van der Waals surface area contributed by atoms with Gasteiger partial charge in [0.25, 0.3) is 0 Å². The Kier molecular flexibility index (Phi) is 6.04. The number of hydrogen-bond donors (Lipinski definition) is 1. The molecule has 5 aliphatic rings. The van der Waals surface area contributed by atoms with Crippen LogP contribution >= 0.6 is 0 Å². The minimum Gasteiger partial charge on any atom is -0.340 e. The molecule has 2 saturated carbocycles. The first kappa shape index (κ1) is 20.7. The summed E-state index contributed by atoms with van der Waals surface area (Å²) in [5, 5.41) is 2.24. The predicted octanol–water partition coefficient (Wildman–Crippen LogP) is 1.44. The van der Waals surface area contributed by atoms with Crippen LogP contribution in [0.25, 0.3) is 0 Å². The van der Waals surface area contributed by atoms with Crippen molar-refractivity contribution in [1.29, 1.82) is 0 Å². The van der Waals surface area contributed by atoms with Crippen molar-refractivity contribution in [3.8, 4) is 0 Å². The number of hydrogen-bond acceptors (Lipinski definition) is 5. The molecule has 0 aromatic rings. The van der Waals surface area contributed by atoms with Gasteiger partial charge in [0.1, 0.15) is 6.04 Å². The second-order valence-corrected chi connectivity index (χ2v) is 10.0. The Morgan fingerprint density at radius 2 is 1.73 bits per heavy atom.